The van der Waals surface area contributed by atoms with E-state index in [-0.39, 0.29) is 26.1 Å². The Balaban J connectivity index is 1.20. The highest BCUT2D eigenvalue weighted by Gasteiger charge is 2.22. The first kappa shape index (κ1) is 32.7. The van der Waals surface area contributed by atoms with Crippen molar-refractivity contribution in [2.24, 2.45) is 16.6 Å². The van der Waals surface area contributed by atoms with Gasteiger partial charge in [-0.05, 0) is 55.2 Å². The van der Waals surface area contributed by atoms with E-state index in [2.05, 4.69) is 10.3 Å². The van der Waals surface area contributed by atoms with Crippen molar-refractivity contribution in [1.29, 1.82) is 0 Å². The number of rotatable bonds is 14. The number of nitrogens with two attached hydrogens (primary N) is 2. The highest BCUT2D eigenvalue weighted by molar-refractivity contribution is 5.79. The van der Waals surface area contributed by atoms with Crippen molar-refractivity contribution < 1.29 is 28.6 Å². The summed E-state index contributed by atoms with van der Waals surface area (Å²) in [5, 5.41) is 2.68. The van der Waals surface area contributed by atoms with E-state index in [0.717, 1.165) is 22.3 Å². The monoisotopic (exact) mass is 605 g/mol. The summed E-state index contributed by atoms with van der Waals surface area (Å²) in [6.45, 7) is 7.81. The van der Waals surface area contributed by atoms with Gasteiger partial charge in [0.15, 0.2) is 5.96 Å². The van der Waals surface area contributed by atoms with Gasteiger partial charge in [0.1, 0.15) is 37.0 Å². The number of nitrogens with one attached hydrogen (secondary N) is 1. The molecule has 0 aliphatic carbocycles. The van der Waals surface area contributed by atoms with Gasteiger partial charge in [-0.25, -0.2) is 10.7 Å². The molecular formula is C33H43N5O6. The third-order valence-electron chi connectivity index (χ3n) is 6.73. The molecule has 1 amide bonds. The van der Waals surface area contributed by atoms with Gasteiger partial charge in [-0.15, -0.1) is 0 Å². The molecule has 0 bridgehead atoms. The molecule has 236 valence electrons. The van der Waals surface area contributed by atoms with Crippen molar-refractivity contribution in [2.45, 2.75) is 51.7 Å². The summed E-state index contributed by atoms with van der Waals surface area (Å²) in [4.78, 5) is 23.2. The average molecular weight is 606 g/mol. The van der Waals surface area contributed by atoms with E-state index in [4.69, 9.17) is 35.4 Å². The van der Waals surface area contributed by atoms with Crippen LogP contribution in [0.1, 0.15) is 49.1 Å². The zero-order valence-electron chi connectivity index (χ0n) is 25.6. The normalized spacial score (nSPS) is 13.9. The minimum Gasteiger partial charge on any atom is -0.491 e. The number of aliphatic imine (C=N–C) groups is 1. The molecule has 4 rings (SSSR count). The Morgan fingerprint density at radius 2 is 1.61 bits per heavy atom. The average Bonchev–Trinajstić information content (AvgIpc) is 3.44. The molecule has 44 heavy (non-hydrogen) atoms. The standard InChI is InChI=1S/C33H43N5O6/c1-33(2,3)43-32(39)37-17-16-36-31(34)38-19-26-14-15-28(18-27(26)20-38)41-22-29(44-35)21-40-23-42-30(24-10-6-4-7-11-24)25-12-8-5-9-13-25/h4-15,18,29-30H,16-17,19-23,35H2,1-3H3,(H2,34,36)(H,37,39)/t29-/m1/s1. The number of fused-ring (bicyclic) bond motifs is 1. The van der Waals surface area contributed by atoms with Crippen molar-refractivity contribution in [3.63, 3.8) is 0 Å². The Hall–Kier alpha value is -4.16. The molecule has 5 N–H and O–H groups in total. The second kappa shape index (κ2) is 16.1. The van der Waals surface area contributed by atoms with E-state index in [1.54, 1.807) is 0 Å². The molecule has 11 nitrogen and oxygen atoms in total. The van der Waals surface area contributed by atoms with Crippen molar-refractivity contribution in [2.75, 3.05) is 33.1 Å². The Morgan fingerprint density at radius 1 is 0.955 bits per heavy atom. The molecular weight excluding hydrogens is 562 g/mol. The van der Waals surface area contributed by atoms with Crippen LogP contribution >= 0.6 is 0 Å². The van der Waals surface area contributed by atoms with Crippen LogP contribution in [0, 0.1) is 0 Å². The molecule has 0 unspecified atom stereocenters. The number of nitrogens with zero attached hydrogens (tertiary/aromatic N) is 2. The van der Waals surface area contributed by atoms with Gasteiger partial charge >= 0.3 is 6.09 Å². The summed E-state index contributed by atoms with van der Waals surface area (Å²) < 4.78 is 23.1. The van der Waals surface area contributed by atoms with Crippen LogP contribution in [0.4, 0.5) is 4.79 Å². The number of ether oxygens (including phenoxy) is 4. The van der Waals surface area contributed by atoms with E-state index in [1.165, 1.54) is 0 Å². The zero-order chi connectivity index (χ0) is 31.4. The molecule has 3 aromatic rings. The Bertz CT molecular complexity index is 1310. The second-order valence-corrected chi connectivity index (χ2v) is 11.4. The van der Waals surface area contributed by atoms with Crippen molar-refractivity contribution in [1.82, 2.24) is 10.2 Å². The minimum atomic E-state index is -0.549. The number of carbonyl (C=O) groups is 1. The molecule has 1 aliphatic heterocycles. The largest absolute Gasteiger partial charge is 0.491 e. The van der Waals surface area contributed by atoms with E-state index < -0.39 is 17.8 Å². The molecule has 0 fully saturated rings. The Kier molecular flexibility index (Phi) is 12.0. The fourth-order valence-electron chi connectivity index (χ4n) is 4.62. The lowest BCUT2D eigenvalue weighted by atomic mass is 10.0. The third kappa shape index (κ3) is 10.2. The minimum absolute atomic E-state index is 0.0586. The van der Waals surface area contributed by atoms with Gasteiger partial charge in [0.05, 0.1) is 13.2 Å². The van der Waals surface area contributed by atoms with Crippen LogP contribution in [0.2, 0.25) is 0 Å². The smallest absolute Gasteiger partial charge is 0.407 e. The van der Waals surface area contributed by atoms with Crippen LogP contribution in [0.3, 0.4) is 0 Å². The highest BCUT2D eigenvalue weighted by atomic mass is 16.7. The van der Waals surface area contributed by atoms with Crippen LogP contribution in [0.5, 0.6) is 5.75 Å². The molecule has 0 saturated heterocycles. The summed E-state index contributed by atoms with van der Waals surface area (Å²) in [5.74, 6) is 6.63. The maximum atomic E-state index is 11.8. The fraction of sp³-hybridized carbons (Fsp3) is 0.394. The third-order valence-corrected chi connectivity index (χ3v) is 6.73. The molecule has 0 radical (unpaired) electrons. The summed E-state index contributed by atoms with van der Waals surface area (Å²) in [6, 6.07) is 25.9. The topological polar surface area (TPSA) is 143 Å². The quantitative estimate of drug-likeness (QED) is 0.0808. The maximum Gasteiger partial charge on any atom is 0.407 e. The fourth-order valence-corrected chi connectivity index (χ4v) is 4.62. The van der Waals surface area contributed by atoms with Gasteiger partial charge < -0.3 is 34.9 Å². The van der Waals surface area contributed by atoms with Gasteiger partial charge in [-0.2, -0.15) is 0 Å². The lowest BCUT2D eigenvalue weighted by Crippen LogP contribution is -2.36. The summed E-state index contributed by atoms with van der Waals surface area (Å²) in [5.41, 5.74) is 9.98. The molecule has 0 spiro atoms. The number of amides is 1. The maximum absolute atomic E-state index is 11.8. The predicted octanol–water partition coefficient (Wildman–Crippen LogP) is 4.26. The SMILES string of the molecule is CC(C)(C)OC(=O)NCCN=C(N)N1Cc2ccc(OC[C@@H](COCOC(c3ccccc3)c3ccccc3)ON)cc2C1. The Labute approximate surface area is 259 Å². The van der Waals surface area contributed by atoms with Crippen molar-refractivity contribution in [3.8, 4) is 5.75 Å². The van der Waals surface area contributed by atoms with E-state index in [1.807, 2.05) is 105 Å². The van der Waals surface area contributed by atoms with Gasteiger partial charge in [0.25, 0.3) is 0 Å². The summed E-state index contributed by atoms with van der Waals surface area (Å²) in [7, 11) is 0. The number of carbonyl (C=O) groups excluding carboxylic acids is 1. The predicted molar refractivity (Wildman–Crippen MR) is 168 cm³/mol. The molecule has 1 atom stereocenters. The second-order valence-electron chi connectivity index (χ2n) is 11.4. The first-order valence-corrected chi connectivity index (χ1v) is 14.6. The van der Waals surface area contributed by atoms with Crippen LogP contribution in [0.25, 0.3) is 0 Å². The molecule has 3 aromatic carbocycles. The zero-order valence-corrected chi connectivity index (χ0v) is 25.6. The van der Waals surface area contributed by atoms with Crippen LogP contribution in [-0.4, -0.2) is 61.8 Å². The number of hydrogen-bond donors (Lipinski definition) is 3. The highest BCUT2D eigenvalue weighted by Crippen LogP contribution is 2.27. The molecule has 0 aromatic heterocycles. The van der Waals surface area contributed by atoms with E-state index in [0.29, 0.717) is 37.9 Å². The molecule has 0 saturated carbocycles. The first-order valence-electron chi connectivity index (χ1n) is 14.6. The van der Waals surface area contributed by atoms with E-state index >= 15 is 0 Å². The van der Waals surface area contributed by atoms with Crippen LogP contribution in [-0.2, 0) is 32.1 Å². The lowest BCUT2D eigenvalue weighted by Gasteiger charge is -2.20. The molecule has 11 heteroatoms. The van der Waals surface area contributed by atoms with Gasteiger partial charge in [0, 0.05) is 19.6 Å². The Morgan fingerprint density at radius 3 is 2.25 bits per heavy atom. The van der Waals surface area contributed by atoms with Gasteiger partial charge in [0.2, 0.25) is 0 Å². The van der Waals surface area contributed by atoms with Crippen molar-refractivity contribution >= 4 is 12.1 Å². The van der Waals surface area contributed by atoms with Crippen molar-refractivity contribution in [3.05, 3.63) is 101 Å². The van der Waals surface area contributed by atoms with E-state index in [9.17, 15) is 4.79 Å². The molecule has 1 aliphatic rings. The number of benzene rings is 3. The number of guanidine groups is 1. The lowest BCUT2D eigenvalue weighted by molar-refractivity contribution is -0.115. The van der Waals surface area contributed by atoms with Crippen LogP contribution < -0.4 is 21.7 Å². The summed E-state index contributed by atoms with van der Waals surface area (Å²) in [6.07, 6.45) is -1.23. The first-order chi connectivity index (χ1) is 21.2. The van der Waals surface area contributed by atoms with Gasteiger partial charge in [-0.3, -0.25) is 9.83 Å². The summed E-state index contributed by atoms with van der Waals surface area (Å²) >= 11 is 0. The van der Waals surface area contributed by atoms with Crippen LogP contribution in [0.15, 0.2) is 83.9 Å². The number of alkyl carbamates (subject to hydrolysis) is 1. The number of hydrogen-bond acceptors (Lipinski definition) is 8. The molecule has 1 heterocycles. The van der Waals surface area contributed by atoms with Gasteiger partial charge in [-0.1, -0.05) is 66.7 Å².